The van der Waals surface area contributed by atoms with Gasteiger partial charge in [-0.05, 0) is 17.7 Å². The second kappa shape index (κ2) is 6.03. The Bertz CT molecular complexity index is 775. The van der Waals surface area contributed by atoms with Gasteiger partial charge in [0.2, 0.25) is 5.91 Å². The first-order valence-electron chi connectivity index (χ1n) is 7.03. The fraction of sp³-hybridized carbons (Fsp3) is 0.278. The van der Waals surface area contributed by atoms with Crippen LogP contribution in [0.5, 0.6) is 0 Å². The van der Waals surface area contributed by atoms with Gasteiger partial charge in [0.15, 0.2) is 0 Å². The maximum Gasteiger partial charge on any atom is 0.416 e. The predicted octanol–water partition coefficient (Wildman–Crippen LogP) is 3.80. The lowest BCUT2D eigenvalue weighted by molar-refractivity contribution is -0.138. The standard InChI is InChI=1S/C18H15ClF3NO/c1-3-17(13-6-4-5-7-14(13)18(20,21)22)10-12(15(23)24)8-9-16(17,2)11-19/h1,4-10H,11H2,2H3,(H2,23,24). The number of allylic oxidation sites excluding steroid dienone is 2. The molecule has 0 spiro atoms. The summed E-state index contributed by atoms with van der Waals surface area (Å²) in [6.45, 7) is 1.65. The monoisotopic (exact) mass is 353 g/mol. The number of carbonyl (C=O) groups excluding carboxylic acids is 1. The minimum Gasteiger partial charge on any atom is -0.366 e. The summed E-state index contributed by atoms with van der Waals surface area (Å²) in [5.74, 6) is 1.64. The number of rotatable bonds is 3. The van der Waals surface area contributed by atoms with Gasteiger partial charge in [-0.1, -0.05) is 43.2 Å². The van der Waals surface area contributed by atoms with Crippen molar-refractivity contribution in [2.24, 2.45) is 11.1 Å². The highest BCUT2D eigenvalue weighted by molar-refractivity contribution is 6.18. The molecule has 24 heavy (non-hydrogen) atoms. The van der Waals surface area contributed by atoms with Crippen LogP contribution in [0.2, 0.25) is 0 Å². The van der Waals surface area contributed by atoms with Crippen LogP contribution in [-0.4, -0.2) is 11.8 Å². The molecule has 1 amide bonds. The number of terminal acetylenes is 1. The van der Waals surface area contributed by atoms with Crippen molar-refractivity contribution >= 4 is 17.5 Å². The Morgan fingerprint density at radius 3 is 2.50 bits per heavy atom. The summed E-state index contributed by atoms with van der Waals surface area (Å²) in [6.07, 6.45) is 5.39. The summed E-state index contributed by atoms with van der Waals surface area (Å²) < 4.78 is 40.5. The van der Waals surface area contributed by atoms with E-state index in [1.54, 1.807) is 13.0 Å². The third-order valence-electron chi connectivity index (χ3n) is 4.35. The molecule has 0 saturated carbocycles. The van der Waals surface area contributed by atoms with Crippen molar-refractivity contribution in [3.63, 3.8) is 0 Å². The number of halogens is 4. The van der Waals surface area contributed by atoms with Gasteiger partial charge in [0, 0.05) is 16.9 Å². The third-order valence-corrected chi connectivity index (χ3v) is 4.91. The van der Waals surface area contributed by atoms with Gasteiger partial charge < -0.3 is 5.73 Å². The Labute approximate surface area is 143 Å². The highest BCUT2D eigenvalue weighted by Gasteiger charge is 2.50. The van der Waals surface area contributed by atoms with Crippen LogP contribution in [0.1, 0.15) is 18.1 Å². The minimum atomic E-state index is -4.60. The Kier molecular flexibility index (Phi) is 4.56. The van der Waals surface area contributed by atoms with E-state index in [4.69, 9.17) is 23.8 Å². The second-order valence-electron chi connectivity index (χ2n) is 5.84. The van der Waals surface area contributed by atoms with Gasteiger partial charge in [-0.25, -0.2) is 0 Å². The molecule has 2 atom stereocenters. The lowest BCUT2D eigenvalue weighted by atomic mass is 9.58. The van der Waals surface area contributed by atoms with E-state index in [0.29, 0.717) is 0 Å². The molecule has 0 aliphatic heterocycles. The fourth-order valence-electron chi connectivity index (χ4n) is 2.90. The number of amides is 1. The van der Waals surface area contributed by atoms with Crippen molar-refractivity contribution in [1.29, 1.82) is 0 Å². The smallest absolute Gasteiger partial charge is 0.366 e. The molecule has 0 saturated heterocycles. The predicted molar refractivity (Wildman–Crippen MR) is 87.2 cm³/mol. The molecule has 6 heteroatoms. The van der Waals surface area contributed by atoms with Gasteiger partial charge in [-0.2, -0.15) is 13.2 Å². The highest BCUT2D eigenvalue weighted by atomic mass is 35.5. The fourth-order valence-corrected chi connectivity index (χ4v) is 3.20. The molecule has 1 aliphatic rings. The molecule has 0 bridgehead atoms. The molecule has 0 heterocycles. The molecule has 0 radical (unpaired) electrons. The van der Waals surface area contributed by atoms with E-state index >= 15 is 0 Å². The van der Waals surface area contributed by atoms with Crippen molar-refractivity contribution in [3.05, 3.63) is 59.2 Å². The topological polar surface area (TPSA) is 43.1 Å². The zero-order valence-corrected chi connectivity index (χ0v) is 13.6. The van der Waals surface area contributed by atoms with Crippen LogP contribution in [0.15, 0.2) is 48.1 Å². The number of nitrogens with two attached hydrogens (primary N) is 1. The molecule has 2 nitrogen and oxygen atoms in total. The van der Waals surface area contributed by atoms with Gasteiger partial charge in [-0.15, -0.1) is 18.0 Å². The zero-order chi connectivity index (χ0) is 18.2. The Hall–Kier alpha value is -2.19. The summed E-state index contributed by atoms with van der Waals surface area (Å²) in [6, 6.07) is 5.02. The molecule has 1 aliphatic carbocycles. The van der Waals surface area contributed by atoms with E-state index in [0.717, 1.165) is 6.07 Å². The molecule has 2 rings (SSSR count). The van der Waals surface area contributed by atoms with Crippen LogP contribution >= 0.6 is 11.6 Å². The molecule has 0 fully saturated rings. The quantitative estimate of drug-likeness (QED) is 0.652. The number of benzene rings is 1. The highest BCUT2D eigenvalue weighted by Crippen LogP contribution is 2.51. The van der Waals surface area contributed by atoms with Crippen LogP contribution in [0.25, 0.3) is 0 Å². The zero-order valence-electron chi connectivity index (χ0n) is 12.8. The first-order chi connectivity index (χ1) is 11.1. The van der Waals surface area contributed by atoms with Gasteiger partial charge >= 0.3 is 6.18 Å². The molecule has 1 aromatic carbocycles. The molecular formula is C18H15ClF3NO. The normalized spacial score (nSPS) is 26.6. The second-order valence-corrected chi connectivity index (χ2v) is 6.11. The van der Waals surface area contributed by atoms with Crippen molar-refractivity contribution in [3.8, 4) is 12.3 Å². The van der Waals surface area contributed by atoms with Crippen LogP contribution in [0.3, 0.4) is 0 Å². The first kappa shape index (κ1) is 18.2. The lowest BCUT2D eigenvalue weighted by Gasteiger charge is -2.44. The lowest BCUT2D eigenvalue weighted by Crippen LogP contribution is -2.45. The van der Waals surface area contributed by atoms with Crippen molar-refractivity contribution in [2.75, 3.05) is 5.88 Å². The van der Waals surface area contributed by atoms with Crippen LogP contribution in [0.4, 0.5) is 13.2 Å². The minimum absolute atomic E-state index is 0.0393. The van der Waals surface area contributed by atoms with Crippen LogP contribution in [-0.2, 0) is 16.4 Å². The Morgan fingerprint density at radius 1 is 1.38 bits per heavy atom. The SMILES string of the molecule is C#CC1(c2ccccc2C(F)(F)F)C=C(C(N)=O)C=CC1(C)CCl. The van der Waals surface area contributed by atoms with Gasteiger partial charge in [0.05, 0.1) is 11.0 Å². The van der Waals surface area contributed by atoms with Gasteiger partial charge in [0.1, 0.15) is 0 Å². The summed E-state index contributed by atoms with van der Waals surface area (Å²) in [5.41, 5.74) is 1.76. The number of primary amides is 1. The molecule has 2 unspecified atom stereocenters. The van der Waals surface area contributed by atoms with Gasteiger partial charge in [0.25, 0.3) is 0 Å². The molecule has 0 aromatic heterocycles. The number of carbonyl (C=O) groups is 1. The molecule has 1 aromatic rings. The number of alkyl halides is 4. The summed E-state index contributed by atoms with van der Waals surface area (Å²) in [5, 5.41) is 0. The Morgan fingerprint density at radius 2 is 2.00 bits per heavy atom. The van der Waals surface area contributed by atoms with Crippen molar-refractivity contribution < 1.29 is 18.0 Å². The van der Waals surface area contributed by atoms with E-state index in [1.165, 1.54) is 30.4 Å². The van der Waals surface area contributed by atoms with E-state index in [2.05, 4.69) is 5.92 Å². The Balaban J connectivity index is 2.87. The van der Waals surface area contributed by atoms with Crippen molar-refractivity contribution in [1.82, 2.24) is 0 Å². The summed E-state index contributed by atoms with van der Waals surface area (Å²) in [7, 11) is 0. The number of hydrogen-bond donors (Lipinski definition) is 1. The van der Waals surface area contributed by atoms with E-state index < -0.39 is 28.5 Å². The molecular weight excluding hydrogens is 339 g/mol. The maximum atomic E-state index is 13.5. The van der Waals surface area contributed by atoms with E-state index in [-0.39, 0.29) is 17.0 Å². The van der Waals surface area contributed by atoms with E-state index in [9.17, 15) is 18.0 Å². The average Bonchev–Trinajstić information content (AvgIpc) is 2.54. The molecule has 2 N–H and O–H groups in total. The van der Waals surface area contributed by atoms with E-state index in [1.807, 2.05) is 0 Å². The average molecular weight is 354 g/mol. The molecule has 126 valence electrons. The van der Waals surface area contributed by atoms with Crippen LogP contribution in [0, 0.1) is 17.8 Å². The largest absolute Gasteiger partial charge is 0.416 e. The van der Waals surface area contributed by atoms with Gasteiger partial charge in [-0.3, -0.25) is 4.79 Å². The van der Waals surface area contributed by atoms with Crippen LogP contribution < -0.4 is 5.73 Å². The summed E-state index contributed by atoms with van der Waals surface area (Å²) in [4.78, 5) is 11.5. The van der Waals surface area contributed by atoms with Crippen molar-refractivity contribution in [2.45, 2.75) is 18.5 Å². The number of hydrogen-bond acceptors (Lipinski definition) is 1. The first-order valence-corrected chi connectivity index (χ1v) is 7.57. The summed E-state index contributed by atoms with van der Waals surface area (Å²) >= 11 is 6.05. The third kappa shape index (κ3) is 2.71. The maximum absolute atomic E-state index is 13.5.